The fourth-order valence-corrected chi connectivity index (χ4v) is 3.27. The van der Waals surface area contributed by atoms with E-state index in [1.165, 1.54) is 23.8 Å². The third-order valence-corrected chi connectivity index (χ3v) is 4.68. The molecule has 0 amide bonds. The number of nitrogens with one attached hydrogen (secondary N) is 1. The van der Waals surface area contributed by atoms with Gasteiger partial charge in [-0.15, -0.1) is 0 Å². The zero-order chi connectivity index (χ0) is 20.4. The maximum Gasteiger partial charge on any atom is 0.339 e. The van der Waals surface area contributed by atoms with Crippen molar-refractivity contribution in [3.05, 3.63) is 87.3 Å². The molecule has 0 fully saturated rings. The Labute approximate surface area is 162 Å². The van der Waals surface area contributed by atoms with Gasteiger partial charge in [0.15, 0.2) is 0 Å². The van der Waals surface area contributed by atoms with Gasteiger partial charge in [0.25, 0.3) is 5.56 Å². The molecule has 1 atom stereocenters. The maximum atomic E-state index is 13.5. The lowest BCUT2D eigenvalue weighted by Gasteiger charge is -2.23. The number of carbonyl (C=O) groups excluding carboxylic acids is 1. The Morgan fingerprint density at radius 3 is 2.43 bits per heavy atom. The Morgan fingerprint density at radius 2 is 1.82 bits per heavy atom. The van der Waals surface area contributed by atoms with E-state index in [0.717, 1.165) is 5.56 Å². The SMILES string of the molecule is COC(=O)c1ccn(C)c1C(Nc1cc(C)c(=O)n(C)c1)c1ccc(F)cc1. The molecule has 2 heterocycles. The minimum Gasteiger partial charge on any atom is -0.465 e. The molecule has 7 heteroatoms. The lowest BCUT2D eigenvalue weighted by molar-refractivity contribution is 0.0599. The molecule has 0 aliphatic rings. The number of hydrogen-bond donors (Lipinski definition) is 1. The molecule has 1 aromatic carbocycles. The number of ether oxygens (including phenoxy) is 1. The molecule has 0 radical (unpaired) electrons. The largest absolute Gasteiger partial charge is 0.465 e. The van der Waals surface area contributed by atoms with Gasteiger partial charge in [-0.25, -0.2) is 9.18 Å². The molecule has 0 bridgehead atoms. The van der Waals surface area contributed by atoms with E-state index in [0.29, 0.717) is 22.5 Å². The zero-order valence-corrected chi connectivity index (χ0v) is 16.2. The molecule has 0 saturated carbocycles. The molecule has 0 spiro atoms. The summed E-state index contributed by atoms with van der Waals surface area (Å²) in [4.78, 5) is 24.3. The van der Waals surface area contributed by atoms with Gasteiger partial charge in [-0.05, 0) is 36.8 Å². The third kappa shape index (κ3) is 3.69. The summed E-state index contributed by atoms with van der Waals surface area (Å²) in [7, 11) is 4.83. The Hall–Kier alpha value is -3.35. The van der Waals surface area contributed by atoms with Crippen LogP contribution in [0.25, 0.3) is 0 Å². The van der Waals surface area contributed by atoms with Gasteiger partial charge in [0.2, 0.25) is 0 Å². The number of aryl methyl sites for hydroxylation is 3. The summed E-state index contributed by atoms with van der Waals surface area (Å²) in [5.74, 6) is -0.804. The van der Waals surface area contributed by atoms with Crippen molar-refractivity contribution in [1.29, 1.82) is 0 Å². The molecular formula is C21H22FN3O3. The Balaban J connectivity index is 2.14. The van der Waals surface area contributed by atoms with Crippen LogP contribution in [0.3, 0.4) is 0 Å². The first-order valence-electron chi connectivity index (χ1n) is 8.74. The average Bonchev–Trinajstić information content (AvgIpc) is 3.05. The van der Waals surface area contributed by atoms with E-state index in [9.17, 15) is 14.0 Å². The van der Waals surface area contributed by atoms with Crippen molar-refractivity contribution < 1.29 is 13.9 Å². The van der Waals surface area contributed by atoms with E-state index in [1.807, 2.05) is 11.6 Å². The summed E-state index contributed by atoms with van der Waals surface area (Å²) in [6, 6.07) is 9.04. The maximum absolute atomic E-state index is 13.5. The summed E-state index contributed by atoms with van der Waals surface area (Å²) in [5.41, 5.74) is 3.05. The number of esters is 1. The zero-order valence-electron chi connectivity index (χ0n) is 16.2. The van der Waals surface area contributed by atoms with Crippen molar-refractivity contribution in [2.75, 3.05) is 12.4 Å². The number of anilines is 1. The van der Waals surface area contributed by atoms with Gasteiger partial charge in [-0.3, -0.25) is 4.79 Å². The predicted octanol–water partition coefficient (Wildman–Crippen LogP) is 3.16. The summed E-state index contributed by atoms with van der Waals surface area (Å²) in [6.45, 7) is 1.74. The first-order valence-corrected chi connectivity index (χ1v) is 8.74. The molecule has 0 aliphatic heterocycles. The molecule has 3 rings (SSSR count). The topological polar surface area (TPSA) is 65.3 Å². The van der Waals surface area contributed by atoms with Crippen molar-refractivity contribution >= 4 is 11.7 Å². The van der Waals surface area contributed by atoms with E-state index in [-0.39, 0.29) is 11.4 Å². The van der Waals surface area contributed by atoms with E-state index in [2.05, 4.69) is 5.32 Å². The molecule has 28 heavy (non-hydrogen) atoms. The third-order valence-electron chi connectivity index (χ3n) is 4.68. The number of halogens is 1. The highest BCUT2D eigenvalue weighted by molar-refractivity contribution is 5.91. The fourth-order valence-electron chi connectivity index (χ4n) is 3.27. The average molecular weight is 383 g/mol. The number of nitrogens with zero attached hydrogens (tertiary/aromatic N) is 2. The van der Waals surface area contributed by atoms with E-state index in [4.69, 9.17) is 4.74 Å². The molecule has 1 N–H and O–H groups in total. The second kappa shape index (κ2) is 7.72. The van der Waals surface area contributed by atoms with Crippen LogP contribution in [0.2, 0.25) is 0 Å². The highest BCUT2D eigenvalue weighted by Crippen LogP contribution is 2.30. The molecule has 146 valence electrons. The Morgan fingerprint density at radius 1 is 1.14 bits per heavy atom. The smallest absolute Gasteiger partial charge is 0.339 e. The Kier molecular flexibility index (Phi) is 5.35. The summed E-state index contributed by atoms with van der Waals surface area (Å²) < 4.78 is 21.7. The monoisotopic (exact) mass is 383 g/mol. The predicted molar refractivity (Wildman–Crippen MR) is 105 cm³/mol. The van der Waals surface area contributed by atoms with Gasteiger partial charge >= 0.3 is 5.97 Å². The van der Waals surface area contributed by atoms with Crippen LogP contribution >= 0.6 is 0 Å². The van der Waals surface area contributed by atoms with E-state index < -0.39 is 12.0 Å². The standard InChI is InChI=1S/C21H22FN3O3/c1-13-11-16(12-25(3)20(13)26)23-18(14-5-7-15(22)8-6-14)19-17(21(27)28-4)9-10-24(19)2/h5-12,18,23H,1-4H3. The molecule has 6 nitrogen and oxygen atoms in total. The molecular weight excluding hydrogens is 361 g/mol. The minimum atomic E-state index is -0.466. The van der Waals surface area contributed by atoms with Crippen molar-refractivity contribution in [2.24, 2.45) is 14.1 Å². The van der Waals surface area contributed by atoms with Crippen molar-refractivity contribution in [3.8, 4) is 0 Å². The minimum absolute atomic E-state index is 0.0852. The van der Waals surface area contributed by atoms with Crippen molar-refractivity contribution in [3.63, 3.8) is 0 Å². The Bertz CT molecular complexity index is 1040. The van der Waals surface area contributed by atoms with Crippen molar-refractivity contribution in [1.82, 2.24) is 9.13 Å². The highest BCUT2D eigenvalue weighted by atomic mass is 19.1. The first-order chi connectivity index (χ1) is 13.3. The van der Waals surface area contributed by atoms with Crippen LogP contribution < -0.4 is 10.9 Å². The molecule has 1 unspecified atom stereocenters. The lowest BCUT2D eigenvalue weighted by atomic mass is 10.00. The van der Waals surface area contributed by atoms with E-state index in [1.54, 1.807) is 50.6 Å². The van der Waals surface area contributed by atoms with Crippen LogP contribution in [-0.4, -0.2) is 22.2 Å². The normalized spacial score (nSPS) is 11.9. The number of methoxy groups -OCH3 is 1. The van der Waals surface area contributed by atoms with Crippen LogP contribution in [0.15, 0.2) is 53.6 Å². The van der Waals surface area contributed by atoms with Gasteiger partial charge < -0.3 is 19.2 Å². The van der Waals surface area contributed by atoms with Gasteiger partial charge in [-0.2, -0.15) is 0 Å². The molecule has 2 aromatic heterocycles. The second-order valence-corrected chi connectivity index (χ2v) is 6.67. The van der Waals surface area contributed by atoms with Gasteiger partial charge in [-0.1, -0.05) is 12.1 Å². The molecule has 3 aromatic rings. The quantitative estimate of drug-likeness (QED) is 0.688. The molecule has 0 aliphatic carbocycles. The van der Waals surface area contributed by atoms with Gasteiger partial charge in [0.05, 0.1) is 30.1 Å². The van der Waals surface area contributed by atoms with Crippen LogP contribution in [0.1, 0.15) is 33.2 Å². The van der Waals surface area contributed by atoms with Crippen LogP contribution in [-0.2, 0) is 18.8 Å². The van der Waals surface area contributed by atoms with E-state index >= 15 is 0 Å². The first kappa shape index (κ1) is 19.4. The highest BCUT2D eigenvalue weighted by Gasteiger charge is 2.25. The number of benzene rings is 1. The van der Waals surface area contributed by atoms with Crippen LogP contribution in [0.4, 0.5) is 10.1 Å². The fraction of sp³-hybridized carbons (Fsp3) is 0.238. The number of pyridine rings is 1. The van der Waals surface area contributed by atoms with Crippen LogP contribution in [0.5, 0.6) is 0 Å². The molecule has 0 saturated heterocycles. The van der Waals surface area contributed by atoms with Gasteiger partial charge in [0, 0.05) is 32.1 Å². The summed E-state index contributed by atoms with van der Waals surface area (Å²) in [6.07, 6.45) is 3.46. The summed E-state index contributed by atoms with van der Waals surface area (Å²) in [5, 5.41) is 3.38. The number of carbonyl (C=O) groups is 1. The number of rotatable bonds is 5. The van der Waals surface area contributed by atoms with Crippen molar-refractivity contribution in [2.45, 2.75) is 13.0 Å². The lowest BCUT2D eigenvalue weighted by Crippen LogP contribution is -2.22. The van der Waals surface area contributed by atoms with Gasteiger partial charge in [0.1, 0.15) is 5.82 Å². The summed E-state index contributed by atoms with van der Waals surface area (Å²) >= 11 is 0. The number of hydrogen-bond acceptors (Lipinski definition) is 4. The van der Waals surface area contributed by atoms with Crippen LogP contribution in [0, 0.1) is 12.7 Å². The second-order valence-electron chi connectivity index (χ2n) is 6.67. The number of aromatic nitrogens is 2.